The number of alkyl halides is 3. The zero-order valence-electron chi connectivity index (χ0n) is 16.5. The summed E-state index contributed by atoms with van der Waals surface area (Å²) in [5.41, 5.74) is -0.102. The van der Waals surface area contributed by atoms with E-state index in [1.807, 2.05) is 22.0 Å². The van der Waals surface area contributed by atoms with Crippen molar-refractivity contribution in [2.75, 3.05) is 44.3 Å². The zero-order chi connectivity index (χ0) is 22.6. The van der Waals surface area contributed by atoms with Crippen LogP contribution < -0.4 is 4.90 Å². The number of rotatable bonds is 2. The number of anilines is 1. The molecule has 3 aliphatic heterocycles. The Balaban J connectivity index is 0.000000339. The fraction of sp³-hybridized carbons (Fsp3) is 0.579. The van der Waals surface area contributed by atoms with Crippen molar-refractivity contribution in [1.29, 1.82) is 0 Å². The van der Waals surface area contributed by atoms with E-state index in [2.05, 4.69) is 9.97 Å². The summed E-state index contributed by atoms with van der Waals surface area (Å²) in [6.45, 7) is 4.05. The Labute approximate surface area is 175 Å². The zero-order valence-corrected chi connectivity index (χ0v) is 16.5. The van der Waals surface area contributed by atoms with Gasteiger partial charge in [-0.1, -0.05) is 12.2 Å². The first-order chi connectivity index (χ1) is 14.6. The highest BCUT2D eigenvalue weighted by Gasteiger charge is 2.52. The minimum absolute atomic E-state index is 0.0880. The lowest BCUT2D eigenvalue weighted by Crippen LogP contribution is -2.45. The van der Waals surface area contributed by atoms with Crippen LogP contribution in [0.5, 0.6) is 0 Å². The number of carbonyl (C=O) groups excluding carboxylic acids is 1. The molecule has 12 heteroatoms. The van der Waals surface area contributed by atoms with E-state index in [-0.39, 0.29) is 17.2 Å². The average Bonchev–Trinajstić information content (AvgIpc) is 3.37. The Kier molecular flexibility index (Phi) is 6.77. The Bertz CT molecular complexity index is 817. The van der Waals surface area contributed by atoms with Crippen molar-refractivity contribution in [3.05, 3.63) is 30.4 Å². The number of aromatic nitrogens is 2. The first-order valence-electron chi connectivity index (χ1n) is 9.66. The highest BCUT2D eigenvalue weighted by Crippen LogP contribution is 2.45. The van der Waals surface area contributed by atoms with Gasteiger partial charge in [0.1, 0.15) is 0 Å². The first kappa shape index (κ1) is 22.9. The molecule has 4 heterocycles. The van der Waals surface area contributed by atoms with Gasteiger partial charge in [0.25, 0.3) is 0 Å². The van der Waals surface area contributed by atoms with Crippen LogP contribution in [0, 0.1) is 17.2 Å². The van der Waals surface area contributed by atoms with Crippen molar-refractivity contribution in [2.45, 2.75) is 19.0 Å². The van der Waals surface area contributed by atoms with Gasteiger partial charge in [0.05, 0.1) is 18.3 Å². The maximum Gasteiger partial charge on any atom is 0.490 e. The lowest BCUT2D eigenvalue weighted by atomic mass is 9.71. The van der Waals surface area contributed by atoms with Crippen molar-refractivity contribution in [1.82, 2.24) is 14.9 Å². The van der Waals surface area contributed by atoms with E-state index in [1.54, 1.807) is 0 Å². The van der Waals surface area contributed by atoms with Crippen molar-refractivity contribution in [2.24, 2.45) is 11.3 Å². The topological polar surface area (TPSA) is 95.9 Å². The molecule has 2 fully saturated rings. The van der Waals surface area contributed by atoms with E-state index in [1.165, 1.54) is 12.4 Å². The number of carboxylic acids is 1. The van der Waals surface area contributed by atoms with Gasteiger partial charge in [-0.25, -0.2) is 19.2 Å². The van der Waals surface area contributed by atoms with Gasteiger partial charge in [0.2, 0.25) is 11.9 Å². The van der Waals surface area contributed by atoms with E-state index in [9.17, 15) is 22.4 Å². The molecule has 0 radical (unpaired) electrons. The molecule has 0 bridgehead atoms. The van der Waals surface area contributed by atoms with Crippen LogP contribution in [0.25, 0.3) is 0 Å². The van der Waals surface area contributed by atoms with Crippen molar-refractivity contribution in [3.8, 4) is 0 Å². The predicted octanol–water partition coefficient (Wildman–Crippen LogP) is 1.88. The van der Waals surface area contributed by atoms with E-state index >= 15 is 0 Å². The number of ether oxygens (including phenoxy) is 1. The molecule has 1 N–H and O–H groups in total. The normalized spacial score (nSPS) is 22.4. The summed E-state index contributed by atoms with van der Waals surface area (Å²) in [7, 11) is 0. The number of amides is 1. The smallest absolute Gasteiger partial charge is 0.475 e. The fourth-order valence-corrected chi connectivity index (χ4v) is 4.09. The Morgan fingerprint density at radius 2 is 1.68 bits per heavy atom. The first-order valence-corrected chi connectivity index (χ1v) is 9.66. The number of nitrogens with zero attached hydrogens (tertiary/aromatic N) is 4. The molecule has 0 aromatic carbocycles. The van der Waals surface area contributed by atoms with E-state index in [0.29, 0.717) is 38.8 Å². The third kappa shape index (κ3) is 5.30. The monoisotopic (exact) mass is 446 g/mol. The maximum absolute atomic E-state index is 13.1. The summed E-state index contributed by atoms with van der Waals surface area (Å²) < 4.78 is 50.4. The van der Waals surface area contributed by atoms with Gasteiger partial charge in [-0.3, -0.25) is 4.79 Å². The summed E-state index contributed by atoms with van der Waals surface area (Å²) >= 11 is 0. The quantitative estimate of drug-likeness (QED) is 0.548. The summed E-state index contributed by atoms with van der Waals surface area (Å²) in [6, 6.07) is 0. The van der Waals surface area contributed by atoms with Gasteiger partial charge in [-0.2, -0.15) is 13.2 Å². The number of halogens is 4. The SMILES string of the molecule is O=C(C1CN(c2ncc(F)cn2)CC12CCOCC2)N1CC=CC1.O=C(O)C(F)(F)F. The third-order valence-electron chi connectivity index (χ3n) is 5.70. The molecule has 1 unspecified atom stereocenters. The standard InChI is InChI=1S/C17H21FN4O2.C2HF3O2/c18-13-9-19-16(20-10-13)22-11-14(15(23)21-5-1-2-6-21)17(12-22)3-7-24-8-4-17;3-2(4,5)1(6)7/h1-2,9-10,14H,3-8,11-12H2;(H,6,7). The summed E-state index contributed by atoms with van der Waals surface area (Å²) in [4.78, 5) is 34.1. The van der Waals surface area contributed by atoms with Crippen LogP contribution in [-0.2, 0) is 14.3 Å². The van der Waals surface area contributed by atoms with Crippen LogP contribution in [0.4, 0.5) is 23.5 Å². The number of carbonyl (C=O) groups is 2. The molecule has 1 spiro atoms. The summed E-state index contributed by atoms with van der Waals surface area (Å²) in [5, 5.41) is 7.12. The van der Waals surface area contributed by atoms with Gasteiger partial charge in [-0.05, 0) is 12.8 Å². The number of hydrogen-bond donors (Lipinski definition) is 1. The largest absolute Gasteiger partial charge is 0.490 e. The molecule has 31 heavy (non-hydrogen) atoms. The van der Waals surface area contributed by atoms with Crippen molar-refractivity contribution >= 4 is 17.8 Å². The lowest BCUT2D eigenvalue weighted by molar-refractivity contribution is -0.192. The summed E-state index contributed by atoms with van der Waals surface area (Å²) in [5.74, 6) is -2.60. The summed E-state index contributed by atoms with van der Waals surface area (Å²) in [6.07, 6.45) is 3.07. The van der Waals surface area contributed by atoms with E-state index in [0.717, 1.165) is 19.4 Å². The minimum Gasteiger partial charge on any atom is -0.475 e. The van der Waals surface area contributed by atoms with E-state index < -0.39 is 18.0 Å². The van der Waals surface area contributed by atoms with Gasteiger partial charge in [0.15, 0.2) is 5.82 Å². The van der Waals surface area contributed by atoms with Crippen LogP contribution in [0.2, 0.25) is 0 Å². The Morgan fingerprint density at radius 1 is 1.13 bits per heavy atom. The van der Waals surface area contributed by atoms with Gasteiger partial charge in [-0.15, -0.1) is 0 Å². The fourth-order valence-electron chi connectivity index (χ4n) is 4.09. The molecule has 1 aromatic heterocycles. The maximum atomic E-state index is 13.1. The van der Waals surface area contributed by atoms with Gasteiger partial charge < -0.3 is 19.6 Å². The number of carboxylic acid groups (broad SMARTS) is 1. The number of hydrogen-bond acceptors (Lipinski definition) is 6. The van der Waals surface area contributed by atoms with E-state index in [4.69, 9.17) is 14.6 Å². The van der Waals surface area contributed by atoms with Crippen LogP contribution in [0.3, 0.4) is 0 Å². The van der Waals surface area contributed by atoms with Gasteiger partial charge >= 0.3 is 12.1 Å². The molecule has 170 valence electrons. The molecule has 1 atom stereocenters. The highest BCUT2D eigenvalue weighted by molar-refractivity contribution is 5.82. The second kappa shape index (κ2) is 9.16. The molecule has 8 nitrogen and oxygen atoms in total. The average molecular weight is 446 g/mol. The molecule has 0 saturated carbocycles. The van der Waals surface area contributed by atoms with Gasteiger partial charge in [0, 0.05) is 44.8 Å². The Morgan fingerprint density at radius 3 is 2.19 bits per heavy atom. The Hall–Kier alpha value is -2.76. The molecule has 2 saturated heterocycles. The minimum atomic E-state index is -5.08. The molecule has 0 aliphatic carbocycles. The second-order valence-electron chi connectivity index (χ2n) is 7.63. The molecular formula is C19H22F4N4O4. The van der Waals surface area contributed by atoms with Crippen LogP contribution in [-0.4, -0.2) is 77.4 Å². The molecule has 1 aromatic rings. The van der Waals surface area contributed by atoms with Crippen molar-refractivity contribution < 1.29 is 37.0 Å². The second-order valence-corrected chi connectivity index (χ2v) is 7.63. The molecule has 4 rings (SSSR count). The van der Waals surface area contributed by atoms with Crippen molar-refractivity contribution in [3.63, 3.8) is 0 Å². The van der Waals surface area contributed by atoms with Crippen LogP contribution >= 0.6 is 0 Å². The highest BCUT2D eigenvalue weighted by atomic mass is 19.4. The third-order valence-corrected chi connectivity index (χ3v) is 5.70. The van der Waals surface area contributed by atoms with Crippen LogP contribution in [0.1, 0.15) is 12.8 Å². The number of aliphatic carboxylic acids is 1. The predicted molar refractivity (Wildman–Crippen MR) is 99.6 cm³/mol. The molecular weight excluding hydrogens is 424 g/mol. The molecule has 1 amide bonds. The van der Waals surface area contributed by atoms with Crippen LogP contribution in [0.15, 0.2) is 24.5 Å². The molecule has 3 aliphatic rings. The lowest BCUT2D eigenvalue weighted by Gasteiger charge is -2.38.